The standard InChI is InChI=1S/C22H24N4O2S/c1-16-23-13-18(29-16)14-26(2)15-21(27)25-20-11-7-6-10-19(20)22(28)24-12-17-8-4-3-5-9-17/h3-11,13H,12,14-15H2,1-2H3,(H,24,28)(H,25,27). The first-order valence-electron chi connectivity index (χ1n) is 9.32. The molecule has 0 saturated carbocycles. The molecule has 150 valence electrons. The van der Waals surface area contributed by atoms with Crippen LogP contribution in [0.15, 0.2) is 60.8 Å². The van der Waals surface area contributed by atoms with E-state index in [1.165, 1.54) is 0 Å². The van der Waals surface area contributed by atoms with Crippen molar-refractivity contribution in [2.45, 2.75) is 20.0 Å². The number of aromatic nitrogens is 1. The van der Waals surface area contributed by atoms with Crippen molar-refractivity contribution in [3.8, 4) is 0 Å². The highest BCUT2D eigenvalue weighted by atomic mass is 32.1. The highest BCUT2D eigenvalue weighted by molar-refractivity contribution is 7.11. The number of carbonyl (C=O) groups excluding carboxylic acids is 2. The molecule has 0 spiro atoms. The molecule has 0 radical (unpaired) electrons. The molecule has 2 aromatic carbocycles. The monoisotopic (exact) mass is 408 g/mol. The molecule has 0 aliphatic rings. The van der Waals surface area contributed by atoms with Gasteiger partial charge in [-0.25, -0.2) is 4.98 Å². The normalized spacial score (nSPS) is 10.7. The number of nitrogens with zero attached hydrogens (tertiary/aromatic N) is 2. The minimum atomic E-state index is -0.224. The number of hydrogen-bond donors (Lipinski definition) is 2. The Morgan fingerprint density at radius 1 is 1.07 bits per heavy atom. The minimum Gasteiger partial charge on any atom is -0.348 e. The van der Waals surface area contributed by atoms with Gasteiger partial charge >= 0.3 is 0 Å². The summed E-state index contributed by atoms with van der Waals surface area (Å²) in [5, 5.41) is 6.76. The lowest BCUT2D eigenvalue weighted by molar-refractivity contribution is -0.117. The molecule has 3 rings (SSSR count). The summed E-state index contributed by atoms with van der Waals surface area (Å²) in [6, 6.07) is 16.7. The molecule has 2 amide bonds. The molecule has 0 aliphatic heterocycles. The van der Waals surface area contributed by atoms with Crippen molar-refractivity contribution in [3.05, 3.63) is 81.8 Å². The number of likely N-dealkylation sites (N-methyl/N-ethyl adjacent to an activating group) is 1. The molecule has 0 aliphatic carbocycles. The summed E-state index contributed by atoms with van der Waals surface area (Å²) >= 11 is 1.62. The SMILES string of the molecule is Cc1ncc(CN(C)CC(=O)Nc2ccccc2C(=O)NCc2ccccc2)s1. The third kappa shape index (κ3) is 6.23. The predicted octanol–water partition coefficient (Wildman–Crippen LogP) is 3.45. The van der Waals surface area contributed by atoms with Gasteiger partial charge in [0.25, 0.3) is 5.91 Å². The predicted molar refractivity (Wildman–Crippen MR) is 116 cm³/mol. The summed E-state index contributed by atoms with van der Waals surface area (Å²) in [6.45, 7) is 3.26. The first-order valence-corrected chi connectivity index (χ1v) is 10.1. The average molecular weight is 409 g/mol. The fourth-order valence-electron chi connectivity index (χ4n) is 2.90. The second-order valence-corrected chi connectivity index (χ2v) is 8.10. The van der Waals surface area contributed by atoms with E-state index in [1.807, 2.05) is 55.4 Å². The second-order valence-electron chi connectivity index (χ2n) is 6.78. The number of hydrogen-bond acceptors (Lipinski definition) is 5. The van der Waals surface area contributed by atoms with E-state index in [-0.39, 0.29) is 18.4 Å². The van der Waals surface area contributed by atoms with E-state index in [0.717, 1.165) is 15.4 Å². The van der Waals surface area contributed by atoms with E-state index in [0.29, 0.717) is 24.3 Å². The number of aryl methyl sites for hydroxylation is 1. The summed E-state index contributed by atoms with van der Waals surface area (Å²) in [5.74, 6) is -0.393. The highest BCUT2D eigenvalue weighted by Gasteiger charge is 2.14. The molecular weight excluding hydrogens is 384 g/mol. The van der Waals surface area contributed by atoms with Gasteiger partial charge in [0.05, 0.1) is 22.8 Å². The van der Waals surface area contributed by atoms with Crippen LogP contribution < -0.4 is 10.6 Å². The van der Waals surface area contributed by atoms with Crippen LogP contribution in [0.2, 0.25) is 0 Å². The first-order chi connectivity index (χ1) is 14.0. The molecule has 6 nitrogen and oxygen atoms in total. The third-order valence-electron chi connectivity index (χ3n) is 4.25. The van der Waals surface area contributed by atoms with Gasteiger partial charge in [-0.2, -0.15) is 0 Å². The largest absolute Gasteiger partial charge is 0.348 e. The van der Waals surface area contributed by atoms with Crippen molar-refractivity contribution in [1.82, 2.24) is 15.2 Å². The van der Waals surface area contributed by atoms with Crippen molar-refractivity contribution in [1.29, 1.82) is 0 Å². The lowest BCUT2D eigenvalue weighted by Crippen LogP contribution is -2.31. The molecule has 1 heterocycles. The van der Waals surface area contributed by atoms with Crippen molar-refractivity contribution < 1.29 is 9.59 Å². The van der Waals surface area contributed by atoms with Crippen LogP contribution in [0.1, 0.15) is 25.8 Å². The van der Waals surface area contributed by atoms with Gasteiger partial charge in [-0.1, -0.05) is 42.5 Å². The number of amides is 2. The Hall–Kier alpha value is -3.03. The summed E-state index contributed by atoms with van der Waals surface area (Å²) in [7, 11) is 1.88. The smallest absolute Gasteiger partial charge is 0.253 e. The van der Waals surface area contributed by atoms with E-state index in [2.05, 4.69) is 15.6 Å². The number of nitrogens with one attached hydrogen (secondary N) is 2. The minimum absolute atomic E-state index is 0.169. The second kappa shape index (κ2) is 9.95. The Morgan fingerprint density at radius 3 is 2.52 bits per heavy atom. The Morgan fingerprint density at radius 2 is 1.79 bits per heavy atom. The van der Waals surface area contributed by atoms with Crippen molar-refractivity contribution in [2.75, 3.05) is 18.9 Å². The van der Waals surface area contributed by atoms with Gasteiger partial charge in [0, 0.05) is 24.2 Å². The molecule has 0 unspecified atom stereocenters. The lowest BCUT2D eigenvalue weighted by Gasteiger charge is -2.16. The molecule has 0 bridgehead atoms. The summed E-state index contributed by atoms with van der Waals surface area (Å²) in [4.78, 5) is 32.3. The van der Waals surface area contributed by atoms with E-state index in [9.17, 15) is 9.59 Å². The van der Waals surface area contributed by atoms with Gasteiger partial charge in [-0.15, -0.1) is 11.3 Å². The third-order valence-corrected chi connectivity index (χ3v) is 5.15. The first kappa shape index (κ1) is 20.7. The Labute approximate surface area is 174 Å². The maximum atomic E-state index is 12.6. The molecule has 0 atom stereocenters. The zero-order chi connectivity index (χ0) is 20.6. The fraction of sp³-hybridized carbons (Fsp3) is 0.227. The molecule has 0 fully saturated rings. The zero-order valence-corrected chi connectivity index (χ0v) is 17.3. The molecule has 29 heavy (non-hydrogen) atoms. The van der Waals surface area contributed by atoms with Crippen LogP contribution in [0, 0.1) is 6.92 Å². The number of thiazole rings is 1. The van der Waals surface area contributed by atoms with Crippen LogP contribution in [0.4, 0.5) is 5.69 Å². The van der Waals surface area contributed by atoms with Crippen LogP contribution in [0.25, 0.3) is 0 Å². The van der Waals surface area contributed by atoms with Gasteiger partial charge in [0.15, 0.2) is 0 Å². The maximum absolute atomic E-state index is 12.6. The van der Waals surface area contributed by atoms with Crippen LogP contribution in [-0.4, -0.2) is 35.3 Å². The number of benzene rings is 2. The molecule has 3 aromatic rings. The number of anilines is 1. The lowest BCUT2D eigenvalue weighted by atomic mass is 10.1. The Kier molecular flexibility index (Phi) is 7.10. The highest BCUT2D eigenvalue weighted by Crippen LogP contribution is 2.16. The van der Waals surface area contributed by atoms with E-state index >= 15 is 0 Å². The quantitative estimate of drug-likeness (QED) is 0.599. The summed E-state index contributed by atoms with van der Waals surface area (Å²) in [6.07, 6.45) is 1.83. The number of rotatable bonds is 8. The fourth-order valence-corrected chi connectivity index (χ4v) is 3.77. The maximum Gasteiger partial charge on any atom is 0.253 e. The Balaban J connectivity index is 1.57. The molecular formula is C22H24N4O2S. The van der Waals surface area contributed by atoms with Crippen molar-refractivity contribution >= 4 is 28.8 Å². The van der Waals surface area contributed by atoms with Crippen LogP contribution in [0.5, 0.6) is 0 Å². The van der Waals surface area contributed by atoms with Gasteiger partial charge in [0.1, 0.15) is 0 Å². The van der Waals surface area contributed by atoms with Gasteiger partial charge in [-0.05, 0) is 31.7 Å². The average Bonchev–Trinajstić information content (AvgIpc) is 3.11. The molecule has 1 aromatic heterocycles. The van der Waals surface area contributed by atoms with Crippen LogP contribution >= 0.6 is 11.3 Å². The molecule has 7 heteroatoms. The summed E-state index contributed by atoms with van der Waals surface area (Å²) in [5.41, 5.74) is 1.96. The zero-order valence-electron chi connectivity index (χ0n) is 16.5. The molecule has 2 N–H and O–H groups in total. The van der Waals surface area contributed by atoms with Gasteiger partial charge in [0.2, 0.25) is 5.91 Å². The summed E-state index contributed by atoms with van der Waals surface area (Å²) < 4.78 is 0. The van der Waals surface area contributed by atoms with E-state index < -0.39 is 0 Å². The van der Waals surface area contributed by atoms with Gasteiger partial charge in [-0.3, -0.25) is 14.5 Å². The van der Waals surface area contributed by atoms with Crippen LogP contribution in [-0.2, 0) is 17.9 Å². The number of para-hydroxylation sites is 1. The van der Waals surface area contributed by atoms with Gasteiger partial charge < -0.3 is 10.6 Å². The Bertz CT molecular complexity index is 972. The van der Waals surface area contributed by atoms with E-state index in [4.69, 9.17) is 0 Å². The van der Waals surface area contributed by atoms with Crippen molar-refractivity contribution in [2.24, 2.45) is 0 Å². The number of carbonyl (C=O) groups is 2. The van der Waals surface area contributed by atoms with E-state index in [1.54, 1.807) is 35.6 Å². The van der Waals surface area contributed by atoms with Crippen molar-refractivity contribution in [3.63, 3.8) is 0 Å². The topological polar surface area (TPSA) is 74.3 Å². The molecule has 0 saturated heterocycles. The van der Waals surface area contributed by atoms with Crippen LogP contribution in [0.3, 0.4) is 0 Å².